The van der Waals surface area contributed by atoms with E-state index in [-0.39, 0.29) is 5.91 Å². The summed E-state index contributed by atoms with van der Waals surface area (Å²) < 4.78 is 1.04. The van der Waals surface area contributed by atoms with E-state index in [1.54, 1.807) is 0 Å². The van der Waals surface area contributed by atoms with Crippen molar-refractivity contribution in [1.82, 2.24) is 4.90 Å². The molecule has 2 nitrogen and oxygen atoms in total. The quantitative estimate of drug-likeness (QED) is 0.697. The zero-order valence-corrected chi connectivity index (χ0v) is 14.8. The Balaban J connectivity index is 2.25. The summed E-state index contributed by atoms with van der Waals surface area (Å²) in [7, 11) is 0. The molecule has 0 aliphatic carbocycles. The molecule has 2 aromatic rings. The van der Waals surface area contributed by atoms with Gasteiger partial charge in [0.1, 0.15) is 0 Å². The monoisotopic (exact) mass is 393 g/mol. The largest absolute Gasteiger partial charge is 0.335 e. The molecule has 0 heterocycles. The summed E-state index contributed by atoms with van der Waals surface area (Å²) in [6.07, 6.45) is 0. The minimum atomic E-state index is 0.104. The van der Waals surface area contributed by atoms with E-state index in [0.29, 0.717) is 13.1 Å². The van der Waals surface area contributed by atoms with Crippen LogP contribution in [-0.2, 0) is 6.54 Å². The van der Waals surface area contributed by atoms with Gasteiger partial charge in [-0.2, -0.15) is 0 Å². The first kappa shape index (κ1) is 16.0. The molecule has 0 fully saturated rings. The molecule has 21 heavy (non-hydrogen) atoms. The van der Waals surface area contributed by atoms with Gasteiger partial charge in [0.15, 0.2) is 0 Å². The molecule has 0 spiro atoms. The lowest BCUT2D eigenvalue weighted by molar-refractivity contribution is 0.0751. The normalized spacial score (nSPS) is 10.5. The predicted molar refractivity (Wildman–Crippen MR) is 95.5 cm³/mol. The zero-order chi connectivity index (χ0) is 15.4. The van der Waals surface area contributed by atoms with Crippen molar-refractivity contribution in [2.75, 3.05) is 6.54 Å². The average Bonchev–Trinajstić information content (AvgIpc) is 2.47. The second-order valence-electron chi connectivity index (χ2n) is 5.24. The Morgan fingerprint density at radius 2 is 1.86 bits per heavy atom. The molecule has 0 unspecified atom stereocenters. The van der Waals surface area contributed by atoms with Crippen molar-refractivity contribution in [2.24, 2.45) is 0 Å². The lowest BCUT2D eigenvalue weighted by Gasteiger charge is -2.22. The highest BCUT2D eigenvalue weighted by Gasteiger charge is 2.17. The maximum Gasteiger partial charge on any atom is 0.255 e. The molecule has 0 radical (unpaired) electrons. The summed E-state index contributed by atoms with van der Waals surface area (Å²) in [5.74, 6) is 0.104. The Labute approximate surface area is 140 Å². The van der Waals surface area contributed by atoms with E-state index in [2.05, 4.69) is 47.7 Å². The first-order chi connectivity index (χ1) is 10.0. The van der Waals surface area contributed by atoms with Crippen molar-refractivity contribution in [3.8, 4) is 0 Å². The predicted octanol–water partition coefficient (Wildman–Crippen LogP) is 4.57. The van der Waals surface area contributed by atoms with Gasteiger partial charge >= 0.3 is 0 Å². The number of benzene rings is 2. The number of carbonyl (C=O) groups excluding carboxylic acids is 1. The number of halogens is 1. The van der Waals surface area contributed by atoms with Crippen LogP contribution in [0.25, 0.3) is 0 Å². The molecular weight excluding hydrogens is 373 g/mol. The molecule has 0 aliphatic heterocycles. The van der Waals surface area contributed by atoms with Crippen molar-refractivity contribution in [2.45, 2.75) is 27.3 Å². The summed E-state index contributed by atoms with van der Waals surface area (Å²) >= 11 is 2.26. The number of nitrogens with zero attached hydrogens (tertiary/aromatic N) is 1. The van der Waals surface area contributed by atoms with Crippen LogP contribution in [0.3, 0.4) is 0 Å². The molecule has 0 saturated heterocycles. The summed E-state index contributed by atoms with van der Waals surface area (Å²) in [5.41, 5.74) is 4.34. The number of carbonyl (C=O) groups is 1. The standard InChI is InChI=1S/C18H20INO/c1-4-20(12-15-9-5-7-13(2)11-15)18(21)16-10-6-8-14(3)17(16)19/h5-11H,4,12H2,1-3H3. The first-order valence-corrected chi connectivity index (χ1v) is 8.20. The molecule has 0 atom stereocenters. The van der Waals surface area contributed by atoms with Crippen LogP contribution < -0.4 is 0 Å². The Hall–Kier alpha value is -1.36. The number of hydrogen-bond donors (Lipinski definition) is 0. The van der Waals surface area contributed by atoms with Crippen LogP contribution in [0.4, 0.5) is 0 Å². The highest BCUT2D eigenvalue weighted by molar-refractivity contribution is 14.1. The first-order valence-electron chi connectivity index (χ1n) is 7.13. The van der Waals surface area contributed by atoms with Gasteiger partial charge in [-0.25, -0.2) is 0 Å². The van der Waals surface area contributed by atoms with E-state index < -0.39 is 0 Å². The fourth-order valence-corrected chi connectivity index (χ4v) is 2.93. The maximum absolute atomic E-state index is 12.8. The van der Waals surface area contributed by atoms with Crippen molar-refractivity contribution in [3.05, 3.63) is 68.3 Å². The number of rotatable bonds is 4. The van der Waals surface area contributed by atoms with Gasteiger partial charge in [-0.15, -0.1) is 0 Å². The third-order valence-electron chi connectivity index (χ3n) is 3.55. The molecule has 1 amide bonds. The summed E-state index contributed by atoms with van der Waals surface area (Å²) in [6, 6.07) is 14.2. The second kappa shape index (κ2) is 7.07. The van der Waals surface area contributed by atoms with Crippen molar-refractivity contribution in [1.29, 1.82) is 0 Å². The van der Waals surface area contributed by atoms with Gasteiger partial charge in [0, 0.05) is 16.7 Å². The van der Waals surface area contributed by atoms with E-state index in [9.17, 15) is 4.79 Å². The van der Waals surface area contributed by atoms with E-state index in [0.717, 1.165) is 14.7 Å². The minimum absolute atomic E-state index is 0.104. The van der Waals surface area contributed by atoms with Gasteiger partial charge in [-0.3, -0.25) is 4.79 Å². The topological polar surface area (TPSA) is 20.3 Å². The third kappa shape index (κ3) is 3.84. The molecule has 0 bridgehead atoms. The maximum atomic E-state index is 12.8. The van der Waals surface area contributed by atoms with Crippen LogP contribution in [-0.4, -0.2) is 17.4 Å². The highest BCUT2D eigenvalue weighted by atomic mass is 127. The van der Waals surface area contributed by atoms with E-state index in [1.165, 1.54) is 11.1 Å². The Kier molecular flexibility index (Phi) is 5.39. The van der Waals surface area contributed by atoms with Crippen LogP contribution >= 0.6 is 22.6 Å². The van der Waals surface area contributed by atoms with Crippen LogP contribution in [0.1, 0.15) is 34.0 Å². The molecule has 110 valence electrons. The van der Waals surface area contributed by atoms with Crippen LogP contribution in [0.5, 0.6) is 0 Å². The highest BCUT2D eigenvalue weighted by Crippen LogP contribution is 2.19. The number of amides is 1. The Morgan fingerprint density at radius 1 is 1.14 bits per heavy atom. The second-order valence-corrected chi connectivity index (χ2v) is 6.32. The van der Waals surface area contributed by atoms with Gasteiger partial charge < -0.3 is 4.90 Å². The van der Waals surface area contributed by atoms with Gasteiger partial charge in [0.2, 0.25) is 0 Å². The third-order valence-corrected chi connectivity index (χ3v) is 4.98. The van der Waals surface area contributed by atoms with Crippen molar-refractivity contribution < 1.29 is 4.79 Å². The van der Waals surface area contributed by atoms with Gasteiger partial charge in [-0.05, 0) is 60.6 Å². The van der Waals surface area contributed by atoms with Crippen LogP contribution in [0.15, 0.2) is 42.5 Å². The van der Waals surface area contributed by atoms with E-state index in [4.69, 9.17) is 0 Å². The fraction of sp³-hybridized carbons (Fsp3) is 0.278. The molecule has 3 heteroatoms. The number of hydrogen-bond acceptors (Lipinski definition) is 1. The smallest absolute Gasteiger partial charge is 0.255 e. The van der Waals surface area contributed by atoms with E-state index in [1.807, 2.05) is 43.0 Å². The van der Waals surface area contributed by atoms with Gasteiger partial charge in [-0.1, -0.05) is 42.0 Å². The molecule has 2 rings (SSSR count). The molecule has 0 N–H and O–H groups in total. The zero-order valence-electron chi connectivity index (χ0n) is 12.7. The van der Waals surface area contributed by atoms with Crippen LogP contribution in [0.2, 0.25) is 0 Å². The van der Waals surface area contributed by atoms with Crippen LogP contribution in [0, 0.1) is 17.4 Å². The molecule has 2 aromatic carbocycles. The van der Waals surface area contributed by atoms with Gasteiger partial charge in [0.05, 0.1) is 5.56 Å². The molecule has 0 aliphatic rings. The number of aryl methyl sites for hydroxylation is 2. The summed E-state index contributed by atoms with van der Waals surface area (Å²) in [5, 5.41) is 0. The Morgan fingerprint density at radius 3 is 2.52 bits per heavy atom. The van der Waals surface area contributed by atoms with Crippen molar-refractivity contribution >= 4 is 28.5 Å². The Bertz CT molecular complexity index is 651. The average molecular weight is 393 g/mol. The minimum Gasteiger partial charge on any atom is -0.335 e. The lowest BCUT2D eigenvalue weighted by Crippen LogP contribution is -2.31. The van der Waals surface area contributed by atoms with Crippen molar-refractivity contribution in [3.63, 3.8) is 0 Å². The summed E-state index contributed by atoms with van der Waals surface area (Å²) in [4.78, 5) is 14.7. The molecular formula is C18H20INO. The molecule has 0 saturated carbocycles. The van der Waals surface area contributed by atoms with E-state index >= 15 is 0 Å². The SMILES string of the molecule is CCN(Cc1cccc(C)c1)C(=O)c1cccc(C)c1I. The fourth-order valence-electron chi connectivity index (χ4n) is 2.34. The lowest BCUT2D eigenvalue weighted by atomic mass is 10.1. The van der Waals surface area contributed by atoms with Gasteiger partial charge in [0.25, 0.3) is 5.91 Å². The molecule has 0 aromatic heterocycles. The summed E-state index contributed by atoms with van der Waals surface area (Å²) in [6.45, 7) is 7.49.